The Morgan fingerprint density at radius 2 is 1.62 bits per heavy atom. The highest BCUT2D eigenvalue weighted by molar-refractivity contribution is 5.93. The summed E-state index contributed by atoms with van der Waals surface area (Å²) in [5, 5.41) is 5.35. The number of nitrogens with one attached hydrogen (secondary N) is 2. The molecule has 9 nitrogen and oxygen atoms in total. The van der Waals surface area contributed by atoms with Crippen LogP contribution in [0.1, 0.15) is 63.3 Å². The Kier molecular flexibility index (Phi) is 12.0. The summed E-state index contributed by atoms with van der Waals surface area (Å²) < 4.78 is 10.1. The van der Waals surface area contributed by atoms with Gasteiger partial charge in [-0.25, -0.2) is 4.79 Å². The van der Waals surface area contributed by atoms with Crippen LogP contribution >= 0.6 is 0 Å². The van der Waals surface area contributed by atoms with Crippen LogP contribution in [0.25, 0.3) is 0 Å². The van der Waals surface area contributed by atoms with Gasteiger partial charge in [0, 0.05) is 13.0 Å². The molecule has 3 amide bonds. The number of esters is 1. The van der Waals surface area contributed by atoms with Gasteiger partial charge >= 0.3 is 12.1 Å². The smallest absolute Gasteiger partial charge is 0.408 e. The van der Waals surface area contributed by atoms with Crippen molar-refractivity contribution >= 4 is 23.9 Å². The molecule has 0 spiro atoms. The summed E-state index contributed by atoms with van der Waals surface area (Å²) in [5.41, 5.74) is 1.51. The zero-order chi connectivity index (χ0) is 29.0. The van der Waals surface area contributed by atoms with E-state index in [1.54, 1.807) is 32.9 Å². The van der Waals surface area contributed by atoms with E-state index in [9.17, 15) is 19.2 Å². The normalized spacial score (nSPS) is 12.6. The van der Waals surface area contributed by atoms with Crippen LogP contribution in [-0.2, 0) is 30.3 Å². The molecule has 9 heteroatoms. The van der Waals surface area contributed by atoms with Crippen molar-refractivity contribution in [1.82, 2.24) is 15.5 Å². The SMILES string of the molecule is CCCCN(C(=O)C(Cc1ccccc1)NC(=O)OC(C)(C)C)C(C(=O)NCC(=O)OC)c1ccccc1C. The minimum Gasteiger partial charge on any atom is -0.468 e. The van der Waals surface area contributed by atoms with Crippen molar-refractivity contribution in [3.63, 3.8) is 0 Å². The first-order valence-electron chi connectivity index (χ1n) is 13.2. The number of hydrogen-bond acceptors (Lipinski definition) is 6. The topological polar surface area (TPSA) is 114 Å². The molecule has 2 unspecified atom stereocenters. The molecule has 212 valence electrons. The van der Waals surface area contributed by atoms with Crippen molar-refractivity contribution in [2.75, 3.05) is 20.2 Å². The number of rotatable bonds is 12. The Morgan fingerprint density at radius 3 is 2.21 bits per heavy atom. The molecule has 0 saturated heterocycles. The summed E-state index contributed by atoms with van der Waals surface area (Å²) in [6, 6.07) is 14.6. The number of unbranched alkanes of at least 4 members (excludes halogenated alkanes) is 1. The van der Waals surface area contributed by atoms with Gasteiger partial charge in [0.2, 0.25) is 11.8 Å². The molecule has 0 aliphatic heterocycles. The monoisotopic (exact) mass is 539 g/mol. The number of ether oxygens (including phenoxy) is 2. The minimum absolute atomic E-state index is 0.200. The quantitative estimate of drug-likeness (QED) is 0.393. The molecule has 2 aromatic carbocycles. The van der Waals surface area contributed by atoms with Gasteiger partial charge < -0.3 is 25.0 Å². The molecule has 0 fully saturated rings. The summed E-state index contributed by atoms with van der Waals surface area (Å²) >= 11 is 0. The van der Waals surface area contributed by atoms with Crippen molar-refractivity contribution in [2.24, 2.45) is 0 Å². The van der Waals surface area contributed by atoms with E-state index in [-0.39, 0.29) is 19.5 Å². The number of hydrogen-bond donors (Lipinski definition) is 2. The lowest BCUT2D eigenvalue weighted by atomic mass is 9.96. The van der Waals surface area contributed by atoms with Crippen LogP contribution in [-0.4, -0.2) is 60.6 Å². The van der Waals surface area contributed by atoms with Crippen LogP contribution in [0.15, 0.2) is 54.6 Å². The number of carbonyl (C=O) groups excluding carboxylic acids is 4. The number of nitrogens with zero attached hydrogens (tertiary/aromatic N) is 1. The average molecular weight is 540 g/mol. The molecule has 0 aliphatic rings. The molecule has 0 bridgehead atoms. The van der Waals surface area contributed by atoms with Crippen molar-refractivity contribution < 1.29 is 28.7 Å². The molecule has 2 rings (SSSR count). The Balaban J connectivity index is 2.53. The fourth-order valence-electron chi connectivity index (χ4n) is 4.07. The zero-order valence-corrected chi connectivity index (χ0v) is 23.8. The third-order valence-corrected chi connectivity index (χ3v) is 5.99. The summed E-state index contributed by atoms with van der Waals surface area (Å²) in [6.45, 7) is 9.01. The summed E-state index contributed by atoms with van der Waals surface area (Å²) in [5.74, 6) is -1.55. The van der Waals surface area contributed by atoms with E-state index in [0.29, 0.717) is 12.0 Å². The summed E-state index contributed by atoms with van der Waals surface area (Å²) in [6.07, 6.45) is 0.876. The van der Waals surface area contributed by atoms with Gasteiger partial charge in [-0.3, -0.25) is 14.4 Å². The molecule has 2 atom stereocenters. The van der Waals surface area contributed by atoms with Crippen molar-refractivity contribution in [1.29, 1.82) is 0 Å². The summed E-state index contributed by atoms with van der Waals surface area (Å²) in [4.78, 5) is 53.9. The van der Waals surface area contributed by atoms with Gasteiger partial charge in [-0.2, -0.15) is 0 Å². The van der Waals surface area contributed by atoms with E-state index >= 15 is 0 Å². The van der Waals surface area contributed by atoms with Gasteiger partial charge in [-0.1, -0.05) is 67.9 Å². The van der Waals surface area contributed by atoms with Gasteiger partial charge in [0.15, 0.2) is 0 Å². The Hall–Kier alpha value is -3.88. The van der Waals surface area contributed by atoms with Crippen LogP contribution in [0.2, 0.25) is 0 Å². The molecule has 0 aromatic heterocycles. The molecule has 39 heavy (non-hydrogen) atoms. The van der Waals surface area contributed by atoms with Crippen LogP contribution in [0, 0.1) is 6.92 Å². The minimum atomic E-state index is -1.03. The highest BCUT2D eigenvalue weighted by Gasteiger charge is 2.36. The molecule has 0 saturated carbocycles. The number of carbonyl (C=O) groups is 4. The van der Waals surface area contributed by atoms with E-state index in [1.165, 1.54) is 12.0 Å². The zero-order valence-electron chi connectivity index (χ0n) is 23.8. The van der Waals surface area contributed by atoms with E-state index in [1.807, 2.05) is 56.3 Å². The van der Waals surface area contributed by atoms with E-state index in [2.05, 4.69) is 15.4 Å². The number of alkyl carbamates (subject to hydrolysis) is 1. The van der Waals surface area contributed by atoms with Gasteiger partial charge in [0.25, 0.3) is 0 Å². The molecular weight excluding hydrogens is 498 g/mol. The Bertz CT molecular complexity index is 1110. The van der Waals surface area contributed by atoms with Gasteiger partial charge in [-0.05, 0) is 50.8 Å². The predicted molar refractivity (Wildman–Crippen MR) is 149 cm³/mol. The van der Waals surface area contributed by atoms with Gasteiger partial charge in [0.05, 0.1) is 7.11 Å². The van der Waals surface area contributed by atoms with Crippen LogP contribution in [0.3, 0.4) is 0 Å². The molecule has 0 aliphatic carbocycles. The van der Waals surface area contributed by atoms with Crippen LogP contribution in [0.5, 0.6) is 0 Å². The van der Waals surface area contributed by atoms with Crippen molar-refractivity contribution in [3.8, 4) is 0 Å². The molecule has 2 aromatic rings. The molecule has 0 heterocycles. The maximum Gasteiger partial charge on any atom is 0.408 e. The van der Waals surface area contributed by atoms with Crippen LogP contribution in [0.4, 0.5) is 4.79 Å². The third-order valence-electron chi connectivity index (χ3n) is 5.99. The standard InChI is InChI=1S/C30H41N3O6/c1-7-8-18-33(26(23-17-13-12-14-21(23)2)27(35)31-20-25(34)38-6)28(36)24(19-22-15-10-9-11-16-22)32-29(37)39-30(3,4)5/h9-17,24,26H,7-8,18-20H2,1-6H3,(H,31,35)(H,32,37). The maximum atomic E-state index is 14.3. The fraction of sp³-hybridized carbons (Fsp3) is 0.467. The first kappa shape index (κ1) is 31.3. The van der Waals surface area contributed by atoms with Gasteiger partial charge in [0.1, 0.15) is 24.2 Å². The lowest BCUT2D eigenvalue weighted by Crippen LogP contribution is -2.54. The summed E-state index contributed by atoms with van der Waals surface area (Å²) in [7, 11) is 1.24. The number of methoxy groups -OCH3 is 1. The van der Waals surface area contributed by atoms with Gasteiger partial charge in [-0.15, -0.1) is 0 Å². The Labute approximate surface area is 231 Å². The number of aryl methyl sites for hydroxylation is 1. The average Bonchev–Trinajstić information content (AvgIpc) is 2.89. The Morgan fingerprint density at radius 1 is 0.974 bits per heavy atom. The van der Waals surface area contributed by atoms with E-state index in [4.69, 9.17) is 4.74 Å². The second-order valence-corrected chi connectivity index (χ2v) is 10.3. The largest absolute Gasteiger partial charge is 0.468 e. The highest BCUT2D eigenvalue weighted by Crippen LogP contribution is 2.26. The maximum absolute atomic E-state index is 14.3. The number of amides is 3. The fourth-order valence-corrected chi connectivity index (χ4v) is 4.07. The van der Waals surface area contributed by atoms with E-state index < -0.39 is 41.6 Å². The lowest BCUT2D eigenvalue weighted by Gasteiger charge is -2.35. The number of benzene rings is 2. The van der Waals surface area contributed by atoms with E-state index in [0.717, 1.165) is 17.5 Å². The molecule has 0 radical (unpaired) electrons. The second-order valence-electron chi connectivity index (χ2n) is 10.3. The lowest BCUT2D eigenvalue weighted by molar-refractivity contribution is -0.144. The highest BCUT2D eigenvalue weighted by atomic mass is 16.6. The van der Waals surface area contributed by atoms with Crippen molar-refractivity contribution in [3.05, 3.63) is 71.3 Å². The molecule has 2 N–H and O–H groups in total. The first-order valence-corrected chi connectivity index (χ1v) is 13.2. The first-order chi connectivity index (χ1) is 18.5. The second kappa shape index (κ2) is 14.9. The molecular formula is C30H41N3O6. The predicted octanol–water partition coefficient (Wildman–Crippen LogP) is 4.09. The van der Waals surface area contributed by atoms with Crippen molar-refractivity contribution in [2.45, 2.75) is 71.6 Å². The van der Waals surface area contributed by atoms with Crippen LogP contribution < -0.4 is 10.6 Å². The third kappa shape index (κ3) is 10.1.